The Balaban J connectivity index is 1.75. The van der Waals surface area contributed by atoms with Crippen LogP contribution in [0.5, 0.6) is 5.75 Å². The maximum Gasteiger partial charge on any atom is 0.226 e. The van der Waals surface area contributed by atoms with E-state index in [0.717, 1.165) is 12.8 Å². The van der Waals surface area contributed by atoms with Crippen molar-refractivity contribution in [1.29, 1.82) is 0 Å². The van der Waals surface area contributed by atoms with Gasteiger partial charge in [-0.2, -0.15) is 0 Å². The van der Waals surface area contributed by atoms with Crippen molar-refractivity contribution in [2.45, 2.75) is 19.3 Å². The lowest BCUT2D eigenvalue weighted by Gasteiger charge is -2.32. The van der Waals surface area contributed by atoms with Crippen molar-refractivity contribution in [3.63, 3.8) is 0 Å². The Morgan fingerprint density at radius 2 is 2.08 bits per heavy atom. The normalized spacial score (nSPS) is 17.4. The number of nitrogens with two attached hydrogens (primary N) is 1. The Hall–Kier alpha value is -2.15. The second kappa shape index (κ2) is 9.22. The van der Waals surface area contributed by atoms with Gasteiger partial charge in [-0.25, -0.2) is 4.39 Å². The van der Waals surface area contributed by atoms with E-state index in [2.05, 4.69) is 5.32 Å². The first-order valence-corrected chi connectivity index (χ1v) is 8.24. The average molecular weight is 337 g/mol. The van der Waals surface area contributed by atoms with Crippen LogP contribution in [0.1, 0.15) is 19.3 Å². The molecule has 3 N–H and O–H groups in total. The summed E-state index contributed by atoms with van der Waals surface area (Å²) in [6, 6.07) is 5.68. The standard InChI is InChI=1S/C17H24FN3O3/c18-14-3-5-15(6-4-14)24-11-7-16(22)21-10-1-2-13(12-21)17(23)20-9-8-19/h3-6,13H,1-2,7-12,19H2,(H,20,23). The second-order valence-corrected chi connectivity index (χ2v) is 5.81. The van der Waals surface area contributed by atoms with Crippen molar-refractivity contribution in [3.8, 4) is 5.75 Å². The summed E-state index contributed by atoms with van der Waals surface area (Å²) in [6.45, 7) is 2.18. The minimum Gasteiger partial charge on any atom is -0.493 e. The number of hydrogen-bond acceptors (Lipinski definition) is 4. The molecule has 2 rings (SSSR count). The van der Waals surface area contributed by atoms with Gasteiger partial charge in [-0.1, -0.05) is 0 Å². The molecule has 1 fully saturated rings. The summed E-state index contributed by atoms with van der Waals surface area (Å²) in [5.41, 5.74) is 5.38. The Kier molecular flexibility index (Phi) is 6.99. The predicted molar refractivity (Wildman–Crippen MR) is 87.9 cm³/mol. The van der Waals surface area contributed by atoms with Gasteiger partial charge in [-0.3, -0.25) is 9.59 Å². The molecule has 24 heavy (non-hydrogen) atoms. The molecule has 0 aliphatic carbocycles. The van der Waals surface area contributed by atoms with Crippen LogP contribution in [0.25, 0.3) is 0 Å². The highest BCUT2D eigenvalue weighted by molar-refractivity contribution is 5.81. The van der Waals surface area contributed by atoms with E-state index >= 15 is 0 Å². The third-order valence-corrected chi connectivity index (χ3v) is 3.99. The van der Waals surface area contributed by atoms with Gasteiger partial charge in [-0.05, 0) is 37.1 Å². The second-order valence-electron chi connectivity index (χ2n) is 5.81. The molecule has 1 heterocycles. The number of hydrogen-bond donors (Lipinski definition) is 2. The predicted octanol–water partition coefficient (Wildman–Crippen LogP) is 0.908. The summed E-state index contributed by atoms with van der Waals surface area (Å²) in [5, 5.41) is 2.77. The number of carbonyl (C=O) groups excluding carboxylic acids is 2. The van der Waals surface area contributed by atoms with Crippen molar-refractivity contribution < 1.29 is 18.7 Å². The van der Waals surface area contributed by atoms with Crippen molar-refractivity contribution in [3.05, 3.63) is 30.1 Å². The number of amides is 2. The average Bonchev–Trinajstić information content (AvgIpc) is 2.61. The number of nitrogens with one attached hydrogen (secondary N) is 1. The Labute approximate surface area is 141 Å². The van der Waals surface area contributed by atoms with Gasteiger partial charge in [0.15, 0.2) is 0 Å². The lowest BCUT2D eigenvalue weighted by Crippen LogP contribution is -2.46. The maximum absolute atomic E-state index is 12.8. The minimum absolute atomic E-state index is 0.0339. The van der Waals surface area contributed by atoms with Crippen molar-refractivity contribution in [1.82, 2.24) is 10.2 Å². The first-order chi connectivity index (χ1) is 11.6. The summed E-state index contributed by atoms with van der Waals surface area (Å²) >= 11 is 0. The Bertz CT molecular complexity index is 551. The monoisotopic (exact) mass is 337 g/mol. The number of nitrogens with zero attached hydrogens (tertiary/aromatic N) is 1. The number of rotatable bonds is 7. The van der Waals surface area contributed by atoms with Crippen LogP contribution in [0.2, 0.25) is 0 Å². The van der Waals surface area contributed by atoms with Gasteiger partial charge < -0.3 is 20.7 Å². The van der Waals surface area contributed by atoms with Crippen LogP contribution in [0.4, 0.5) is 4.39 Å². The molecule has 6 nitrogen and oxygen atoms in total. The summed E-state index contributed by atoms with van der Waals surface area (Å²) in [5.74, 6) is -0.0474. The molecule has 0 aromatic heterocycles. The van der Waals surface area contributed by atoms with E-state index in [9.17, 15) is 14.0 Å². The van der Waals surface area contributed by atoms with Gasteiger partial charge >= 0.3 is 0 Å². The molecule has 7 heteroatoms. The van der Waals surface area contributed by atoms with E-state index in [4.69, 9.17) is 10.5 Å². The Morgan fingerprint density at radius 3 is 2.79 bits per heavy atom. The fourth-order valence-electron chi connectivity index (χ4n) is 2.70. The number of halogens is 1. The van der Waals surface area contributed by atoms with E-state index in [1.165, 1.54) is 24.3 Å². The Morgan fingerprint density at radius 1 is 1.33 bits per heavy atom. The zero-order valence-electron chi connectivity index (χ0n) is 13.7. The van der Waals surface area contributed by atoms with Crippen LogP contribution in [0.3, 0.4) is 0 Å². The van der Waals surface area contributed by atoms with Crippen LogP contribution >= 0.6 is 0 Å². The fraction of sp³-hybridized carbons (Fsp3) is 0.529. The van der Waals surface area contributed by atoms with Gasteiger partial charge in [0.2, 0.25) is 11.8 Å². The van der Waals surface area contributed by atoms with Crippen LogP contribution in [0, 0.1) is 11.7 Å². The highest BCUT2D eigenvalue weighted by Crippen LogP contribution is 2.18. The van der Waals surface area contributed by atoms with E-state index < -0.39 is 0 Å². The van der Waals surface area contributed by atoms with E-state index in [0.29, 0.717) is 31.9 Å². The number of piperidine rings is 1. The number of carbonyl (C=O) groups is 2. The summed E-state index contributed by atoms with van der Waals surface area (Å²) in [4.78, 5) is 26.0. The third-order valence-electron chi connectivity index (χ3n) is 3.99. The smallest absolute Gasteiger partial charge is 0.226 e. The number of likely N-dealkylation sites (tertiary alicyclic amines) is 1. The van der Waals surface area contributed by atoms with Gasteiger partial charge in [0.1, 0.15) is 11.6 Å². The maximum atomic E-state index is 12.8. The molecule has 0 saturated carbocycles. The molecule has 2 amide bonds. The lowest BCUT2D eigenvalue weighted by atomic mass is 9.97. The van der Waals surface area contributed by atoms with Crippen molar-refractivity contribution in [2.24, 2.45) is 11.7 Å². The van der Waals surface area contributed by atoms with Gasteiger partial charge in [0.05, 0.1) is 18.9 Å². The van der Waals surface area contributed by atoms with Gasteiger partial charge in [0, 0.05) is 26.2 Å². The van der Waals surface area contributed by atoms with E-state index in [1.54, 1.807) is 4.90 Å². The summed E-state index contributed by atoms with van der Waals surface area (Å²) in [7, 11) is 0. The molecule has 1 aromatic rings. The van der Waals surface area contributed by atoms with Crippen LogP contribution < -0.4 is 15.8 Å². The zero-order chi connectivity index (χ0) is 17.4. The molecular weight excluding hydrogens is 313 g/mol. The van der Waals surface area contributed by atoms with Crippen LogP contribution in [0.15, 0.2) is 24.3 Å². The van der Waals surface area contributed by atoms with Crippen LogP contribution in [-0.2, 0) is 9.59 Å². The molecule has 1 saturated heterocycles. The molecule has 1 atom stereocenters. The largest absolute Gasteiger partial charge is 0.493 e. The molecule has 1 aliphatic heterocycles. The molecule has 132 valence electrons. The van der Waals surface area contributed by atoms with E-state index in [-0.39, 0.29) is 36.6 Å². The summed E-state index contributed by atoms with van der Waals surface area (Å²) in [6.07, 6.45) is 1.83. The minimum atomic E-state index is -0.328. The first kappa shape index (κ1) is 18.2. The van der Waals surface area contributed by atoms with Crippen LogP contribution in [-0.4, -0.2) is 49.5 Å². The third kappa shape index (κ3) is 5.49. The molecule has 0 radical (unpaired) electrons. The van der Waals surface area contributed by atoms with Crippen molar-refractivity contribution >= 4 is 11.8 Å². The lowest BCUT2D eigenvalue weighted by molar-refractivity contribution is -0.136. The zero-order valence-corrected chi connectivity index (χ0v) is 13.7. The van der Waals surface area contributed by atoms with E-state index in [1.807, 2.05) is 0 Å². The van der Waals surface area contributed by atoms with Gasteiger partial charge in [-0.15, -0.1) is 0 Å². The highest BCUT2D eigenvalue weighted by atomic mass is 19.1. The topological polar surface area (TPSA) is 84.7 Å². The molecule has 1 aliphatic rings. The number of ether oxygens (including phenoxy) is 1. The molecule has 0 bridgehead atoms. The molecular formula is C17H24FN3O3. The fourth-order valence-corrected chi connectivity index (χ4v) is 2.70. The molecule has 1 unspecified atom stereocenters. The first-order valence-electron chi connectivity index (χ1n) is 8.24. The summed E-state index contributed by atoms with van der Waals surface area (Å²) < 4.78 is 18.2. The number of benzene rings is 1. The highest BCUT2D eigenvalue weighted by Gasteiger charge is 2.27. The SMILES string of the molecule is NCCNC(=O)C1CCCN(C(=O)CCOc2ccc(F)cc2)C1. The quantitative estimate of drug-likeness (QED) is 0.774. The van der Waals surface area contributed by atoms with Gasteiger partial charge in [0.25, 0.3) is 0 Å². The molecule has 0 spiro atoms. The van der Waals surface area contributed by atoms with Crippen molar-refractivity contribution in [2.75, 3.05) is 32.8 Å². The molecule has 1 aromatic carbocycles.